The molecule has 20 nitrogen and oxygen atoms in total. The topological polar surface area (TPSA) is 266 Å². The number of pyridine rings is 2. The number of nitrogens with zero attached hydrogens (tertiary/aromatic N) is 12. The lowest BCUT2D eigenvalue weighted by atomic mass is 10.2. The molecule has 0 unspecified atom stereocenters. The van der Waals surface area contributed by atoms with Gasteiger partial charge < -0.3 is 28.8 Å². The van der Waals surface area contributed by atoms with E-state index in [1.54, 1.807) is 70.6 Å². The number of fused-ring (bicyclic) bond motifs is 6. The van der Waals surface area contributed by atoms with Crippen molar-refractivity contribution in [2.45, 2.75) is 50.3 Å². The van der Waals surface area contributed by atoms with Crippen molar-refractivity contribution in [1.82, 2.24) is 59.4 Å². The molecule has 0 saturated heterocycles. The number of aromatic nitrogens is 12. The highest BCUT2D eigenvalue weighted by atomic mass is 32.2. The lowest BCUT2D eigenvalue weighted by Gasteiger charge is -2.16. The second kappa shape index (κ2) is 17.3. The molecule has 2 atom stereocenters. The summed E-state index contributed by atoms with van der Waals surface area (Å²) in [5.41, 5.74) is 3.03. The zero-order valence-corrected chi connectivity index (χ0v) is 33.2. The Morgan fingerprint density at radius 1 is 0.621 bits per heavy atom. The van der Waals surface area contributed by atoms with Crippen LogP contribution in [0.2, 0.25) is 0 Å². The Hall–Kier alpha value is -5.84. The average molecular weight is 833 g/mol. The van der Waals surface area contributed by atoms with Crippen molar-refractivity contribution in [3.05, 3.63) is 95.9 Å². The van der Waals surface area contributed by atoms with Crippen molar-refractivity contribution in [2.24, 2.45) is 0 Å². The van der Waals surface area contributed by atoms with Gasteiger partial charge in [-0.3, -0.25) is 0 Å². The summed E-state index contributed by atoms with van der Waals surface area (Å²) in [6, 6.07) is 5.99. The van der Waals surface area contributed by atoms with Gasteiger partial charge in [0, 0.05) is 50.0 Å². The molecule has 304 valence electrons. The van der Waals surface area contributed by atoms with Crippen LogP contribution in [0.4, 0.5) is 0 Å². The maximum atomic E-state index is 12.7. The highest BCUT2D eigenvalue weighted by molar-refractivity contribution is 7.90. The van der Waals surface area contributed by atoms with Gasteiger partial charge in [0.05, 0.1) is 47.9 Å². The van der Waals surface area contributed by atoms with Crippen LogP contribution in [0.1, 0.15) is 46.5 Å². The normalized spacial score (nSPS) is 15.9. The molecule has 22 heteroatoms. The van der Waals surface area contributed by atoms with Crippen molar-refractivity contribution >= 4 is 19.7 Å². The van der Waals surface area contributed by atoms with Crippen LogP contribution in [0, 0.1) is 13.8 Å². The van der Waals surface area contributed by atoms with Crippen LogP contribution in [0.5, 0.6) is 11.8 Å². The summed E-state index contributed by atoms with van der Waals surface area (Å²) in [5, 5.41) is 36.1. The minimum Gasteiger partial charge on any atom is -0.475 e. The highest BCUT2D eigenvalue weighted by Crippen LogP contribution is 2.34. The molecule has 2 aliphatic rings. The summed E-state index contributed by atoms with van der Waals surface area (Å²) in [5.74, 6) is 2.22. The molecular weight excluding hydrogens is 793 g/mol. The van der Waals surface area contributed by atoms with Gasteiger partial charge >= 0.3 is 0 Å². The Bertz CT molecular complexity index is 2410. The first-order chi connectivity index (χ1) is 27.9. The smallest absolute Gasteiger partial charge is 0.224 e. The second-order valence-corrected chi connectivity index (χ2v) is 18.0. The summed E-state index contributed by atoms with van der Waals surface area (Å²) in [6.07, 6.45) is 10.2. The molecule has 0 radical (unpaired) electrons. The van der Waals surface area contributed by atoms with E-state index in [0.29, 0.717) is 46.2 Å². The zero-order valence-electron chi connectivity index (χ0n) is 31.5. The molecule has 8 heterocycles. The van der Waals surface area contributed by atoms with E-state index in [2.05, 4.69) is 50.3 Å². The van der Waals surface area contributed by atoms with Crippen molar-refractivity contribution < 1.29 is 36.5 Å². The van der Waals surface area contributed by atoms with E-state index in [4.69, 9.17) is 9.47 Å². The predicted octanol–water partition coefficient (Wildman–Crippen LogP) is 1.04. The molecule has 6 aromatic rings. The number of sulfone groups is 2. The van der Waals surface area contributed by atoms with E-state index in [0.717, 1.165) is 11.1 Å². The first kappa shape index (κ1) is 40.4. The maximum Gasteiger partial charge on any atom is 0.224 e. The minimum absolute atomic E-state index is 0.114. The molecule has 8 rings (SSSR count). The first-order valence-electron chi connectivity index (χ1n) is 18.1. The minimum atomic E-state index is -3.51. The Morgan fingerprint density at radius 2 is 1.02 bits per heavy atom. The maximum absolute atomic E-state index is 12.7. The monoisotopic (exact) mass is 832 g/mol. The van der Waals surface area contributed by atoms with E-state index >= 15 is 0 Å². The van der Waals surface area contributed by atoms with E-state index < -0.39 is 31.8 Å². The zero-order chi connectivity index (χ0) is 40.9. The number of rotatable bonds is 12. The second-order valence-electron chi connectivity index (χ2n) is 13.7. The van der Waals surface area contributed by atoms with Crippen LogP contribution in [-0.4, -0.2) is 124 Å². The average Bonchev–Trinajstić information content (AvgIpc) is 3.71. The summed E-state index contributed by atoms with van der Waals surface area (Å²) in [4.78, 5) is 24.9. The van der Waals surface area contributed by atoms with Crippen LogP contribution in [0.3, 0.4) is 0 Å². The van der Waals surface area contributed by atoms with Crippen LogP contribution in [-0.2, 0) is 44.0 Å². The van der Waals surface area contributed by atoms with Gasteiger partial charge in [-0.1, -0.05) is 0 Å². The number of aliphatic hydroxyl groups is 2. The fraction of sp³-hybridized carbons (Fsp3) is 0.389. The van der Waals surface area contributed by atoms with Crippen molar-refractivity contribution in [1.29, 1.82) is 0 Å². The van der Waals surface area contributed by atoms with Crippen LogP contribution in [0.25, 0.3) is 22.8 Å². The molecule has 0 fully saturated rings. The van der Waals surface area contributed by atoms with Gasteiger partial charge in [0.1, 0.15) is 48.0 Å². The van der Waals surface area contributed by atoms with Gasteiger partial charge in [-0.25, -0.2) is 46.7 Å². The highest BCUT2D eigenvalue weighted by Gasteiger charge is 2.31. The number of aliphatic hydroxyl groups excluding tert-OH is 2. The molecule has 0 aromatic carbocycles. The third-order valence-corrected chi connectivity index (χ3v) is 12.2. The molecule has 0 bridgehead atoms. The largest absolute Gasteiger partial charge is 0.475 e. The molecule has 0 amide bonds. The lowest BCUT2D eigenvalue weighted by Crippen LogP contribution is -2.24. The fourth-order valence-corrected chi connectivity index (χ4v) is 8.68. The first-order valence-corrected chi connectivity index (χ1v) is 21.8. The van der Waals surface area contributed by atoms with Crippen molar-refractivity contribution in [2.75, 3.05) is 37.9 Å². The third-order valence-electron chi connectivity index (χ3n) is 9.17. The quantitative estimate of drug-likeness (QED) is 0.174. The molecule has 2 aliphatic heterocycles. The molecule has 0 aliphatic carbocycles. The Labute approximate surface area is 333 Å². The lowest BCUT2D eigenvalue weighted by molar-refractivity contribution is 0.167. The molecule has 0 saturated carbocycles. The number of ether oxygens (including phenoxy) is 2. The van der Waals surface area contributed by atoms with E-state index in [9.17, 15) is 27.0 Å². The summed E-state index contributed by atoms with van der Waals surface area (Å²) in [7, 11) is -7.02. The van der Waals surface area contributed by atoms with Gasteiger partial charge in [0.15, 0.2) is 31.3 Å². The summed E-state index contributed by atoms with van der Waals surface area (Å²) in [6.45, 7) is 3.51. The van der Waals surface area contributed by atoms with Crippen LogP contribution < -0.4 is 9.47 Å². The van der Waals surface area contributed by atoms with E-state index in [-0.39, 0.29) is 73.9 Å². The molecule has 0 spiro atoms. The summed E-state index contributed by atoms with van der Waals surface area (Å²) < 4.78 is 65.4. The number of aryl methyl sites for hydroxylation is 4. The van der Waals surface area contributed by atoms with E-state index in [1.165, 1.54) is 0 Å². The van der Waals surface area contributed by atoms with Gasteiger partial charge in [-0.05, 0) is 49.2 Å². The molecule has 2 N–H and O–H groups in total. The fourth-order valence-electron chi connectivity index (χ4n) is 6.23. The van der Waals surface area contributed by atoms with Crippen LogP contribution >= 0.6 is 0 Å². The van der Waals surface area contributed by atoms with Crippen molar-refractivity contribution in [3.8, 4) is 34.5 Å². The Balaban J connectivity index is 0.000000177. The van der Waals surface area contributed by atoms with Gasteiger partial charge in [0.2, 0.25) is 11.8 Å². The molecular formula is C36H40N12O8S2. The van der Waals surface area contributed by atoms with Gasteiger partial charge in [-0.2, -0.15) is 0 Å². The summed E-state index contributed by atoms with van der Waals surface area (Å²) >= 11 is 0. The Kier molecular flexibility index (Phi) is 12.1. The predicted molar refractivity (Wildman–Crippen MR) is 206 cm³/mol. The number of hydrogen-bond donors (Lipinski definition) is 2. The van der Waals surface area contributed by atoms with Gasteiger partial charge in [0.25, 0.3) is 0 Å². The van der Waals surface area contributed by atoms with Gasteiger partial charge in [-0.15, -0.1) is 20.4 Å². The number of hydrogen-bond acceptors (Lipinski definition) is 18. The standard InChI is InChI=1S/2C18H20N6O4S/c2*1-12-7-20-15(21-8-12)4-6-29(26,27)11-16-22-23-17-14-3-2-5-19-18(14)28-10-13(9-25)24(16)17/h2*2-3,5,7-8,13,25H,4,6,9-11H2,1H3/t2*13-/m10/s1. The molecule has 58 heavy (non-hydrogen) atoms. The van der Waals surface area contributed by atoms with Crippen molar-refractivity contribution in [3.63, 3.8) is 0 Å². The Morgan fingerprint density at radius 3 is 1.40 bits per heavy atom. The van der Waals surface area contributed by atoms with Crippen LogP contribution in [0.15, 0.2) is 61.4 Å². The third kappa shape index (κ3) is 9.30. The van der Waals surface area contributed by atoms with E-state index in [1.807, 2.05) is 13.8 Å². The SMILES string of the molecule is Cc1cnc(CCS(=O)(=O)Cc2nnc3n2[C@@H](CO)COc2ncccc2-3)nc1.Cc1cnc(CCS(=O)(=O)Cc2nnc3n2[C@H](CO)COc2ncccc2-3)nc1. The molecule has 6 aromatic heterocycles.